The van der Waals surface area contributed by atoms with Crippen LogP contribution >= 0.6 is 0 Å². The Kier molecular flexibility index (Phi) is 2.48. The standard InChI is InChI=1S/C14H16N2O/c1-16-13-5-3-2-4-10(13)8-12(14(16)17)11-6-7-15-9-11/h2-5,8,11,15H,6-7,9H2,1H3. The average Bonchev–Trinajstić information content (AvgIpc) is 2.87. The van der Waals surface area contributed by atoms with Crippen molar-refractivity contribution < 1.29 is 0 Å². The summed E-state index contributed by atoms with van der Waals surface area (Å²) in [5.41, 5.74) is 2.11. The molecule has 1 saturated heterocycles. The van der Waals surface area contributed by atoms with Gasteiger partial charge in [-0.1, -0.05) is 18.2 Å². The second-order valence-corrected chi connectivity index (χ2v) is 4.71. The molecule has 0 saturated carbocycles. The molecule has 1 aliphatic rings. The van der Waals surface area contributed by atoms with Crippen LogP contribution in [0.4, 0.5) is 0 Å². The Balaban J connectivity index is 2.25. The summed E-state index contributed by atoms with van der Waals surface area (Å²) in [6, 6.07) is 10.1. The number of aryl methyl sites for hydroxylation is 1. The van der Waals surface area contributed by atoms with E-state index in [0.29, 0.717) is 5.92 Å². The van der Waals surface area contributed by atoms with Crippen LogP contribution < -0.4 is 10.9 Å². The molecule has 2 heterocycles. The van der Waals surface area contributed by atoms with Crippen LogP contribution in [0.25, 0.3) is 10.9 Å². The van der Waals surface area contributed by atoms with E-state index < -0.39 is 0 Å². The van der Waals surface area contributed by atoms with E-state index in [4.69, 9.17) is 0 Å². The average molecular weight is 228 g/mol. The van der Waals surface area contributed by atoms with Crippen LogP contribution in [0.2, 0.25) is 0 Å². The molecule has 1 unspecified atom stereocenters. The Morgan fingerprint density at radius 1 is 1.35 bits per heavy atom. The van der Waals surface area contributed by atoms with E-state index in [2.05, 4.69) is 17.4 Å². The molecule has 0 amide bonds. The van der Waals surface area contributed by atoms with Crippen molar-refractivity contribution in [2.24, 2.45) is 7.05 Å². The number of hydrogen-bond donors (Lipinski definition) is 1. The number of benzene rings is 1. The van der Waals surface area contributed by atoms with Crippen molar-refractivity contribution in [1.29, 1.82) is 0 Å². The van der Waals surface area contributed by atoms with E-state index >= 15 is 0 Å². The van der Waals surface area contributed by atoms with Crippen molar-refractivity contribution in [1.82, 2.24) is 9.88 Å². The molecule has 0 bridgehead atoms. The van der Waals surface area contributed by atoms with Crippen LogP contribution in [0.5, 0.6) is 0 Å². The van der Waals surface area contributed by atoms with E-state index in [1.807, 2.05) is 25.2 Å². The van der Waals surface area contributed by atoms with Crippen molar-refractivity contribution in [3.05, 3.63) is 46.2 Å². The van der Waals surface area contributed by atoms with E-state index in [1.165, 1.54) is 0 Å². The first-order chi connectivity index (χ1) is 8.27. The summed E-state index contributed by atoms with van der Waals surface area (Å²) in [5.74, 6) is 0.373. The molecular formula is C14H16N2O. The highest BCUT2D eigenvalue weighted by molar-refractivity contribution is 5.79. The van der Waals surface area contributed by atoms with Crippen molar-refractivity contribution >= 4 is 10.9 Å². The van der Waals surface area contributed by atoms with Crippen LogP contribution in [0, 0.1) is 0 Å². The lowest BCUT2D eigenvalue weighted by atomic mass is 9.98. The van der Waals surface area contributed by atoms with Crippen molar-refractivity contribution in [3.8, 4) is 0 Å². The van der Waals surface area contributed by atoms with Crippen molar-refractivity contribution in [2.75, 3.05) is 13.1 Å². The molecule has 1 aromatic carbocycles. The SMILES string of the molecule is Cn1c(=O)c(C2CCNC2)cc2ccccc21. The molecule has 0 spiro atoms. The number of rotatable bonds is 1. The quantitative estimate of drug-likeness (QED) is 0.804. The minimum atomic E-state index is 0.150. The van der Waals surface area contributed by atoms with Crippen LogP contribution in [0.3, 0.4) is 0 Å². The zero-order valence-electron chi connectivity index (χ0n) is 9.94. The molecule has 3 rings (SSSR count). The lowest BCUT2D eigenvalue weighted by Gasteiger charge is -2.12. The predicted octanol–water partition coefficient (Wildman–Crippen LogP) is 1.62. The van der Waals surface area contributed by atoms with Gasteiger partial charge in [-0.05, 0) is 30.5 Å². The summed E-state index contributed by atoms with van der Waals surface area (Å²) in [6.07, 6.45) is 1.06. The van der Waals surface area contributed by atoms with Crippen molar-refractivity contribution in [2.45, 2.75) is 12.3 Å². The third kappa shape index (κ3) is 1.67. The monoisotopic (exact) mass is 228 g/mol. The van der Waals surface area contributed by atoms with Gasteiger partial charge in [0.05, 0.1) is 5.52 Å². The maximum atomic E-state index is 12.3. The van der Waals surface area contributed by atoms with Gasteiger partial charge in [0.1, 0.15) is 0 Å². The summed E-state index contributed by atoms with van der Waals surface area (Å²) < 4.78 is 1.77. The third-order valence-corrected chi connectivity index (χ3v) is 3.66. The molecule has 1 aliphatic heterocycles. The lowest BCUT2D eigenvalue weighted by molar-refractivity contribution is 0.734. The first kappa shape index (κ1) is 10.5. The summed E-state index contributed by atoms with van der Waals surface area (Å²) >= 11 is 0. The van der Waals surface area contributed by atoms with Gasteiger partial charge < -0.3 is 9.88 Å². The Bertz CT molecular complexity index is 609. The number of pyridine rings is 1. The molecule has 3 nitrogen and oxygen atoms in total. The van der Waals surface area contributed by atoms with Crippen LogP contribution in [-0.4, -0.2) is 17.7 Å². The number of para-hydroxylation sites is 1. The number of nitrogens with one attached hydrogen (secondary N) is 1. The molecule has 1 N–H and O–H groups in total. The van der Waals surface area contributed by atoms with Crippen LogP contribution in [0.1, 0.15) is 17.9 Å². The molecule has 1 fully saturated rings. The normalized spacial score (nSPS) is 19.9. The summed E-state index contributed by atoms with van der Waals surface area (Å²) in [4.78, 5) is 12.3. The number of hydrogen-bond acceptors (Lipinski definition) is 2. The van der Waals surface area contributed by atoms with Crippen LogP contribution in [-0.2, 0) is 7.05 Å². The van der Waals surface area contributed by atoms with Gasteiger partial charge in [-0.15, -0.1) is 0 Å². The molecule has 0 aliphatic carbocycles. The van der Waals surface area contributed by atoms with E-state index in [-0.39, 0.29) is 5.56 Å². The molecule has 0 radical (unpaired) electrons. The Morgan fingerprint density at radius 3 is 2.94 bits per heavy atom. The van der Waals surface area contributed by atoms with Crippen molar-refractivity contribution in [3.63, 3.8) is 0 Å². The summed E-state index contributed by atoms with van der Waals surface area (Å²) in [5, 5.41) is 4.47. The highest BCUT2D eigenvalue weighted by atomic mass is 16.1. The van der Waals surface area contributed by atoms with Gasteiger partial charge in [-0.2, -0.15) is 0 Å². The molecule has 88 valence electrons. The zero-order valence-corrected chi connectivity index (χ0v) is 9.94. The summed E-state index contributed by atoms with van der Waals surface area (Å²) in [6.45, 7) is 1.94. The maximum Gasteiger partial charge on any atom is 0.254 e. The molecular weight excluding hydrogens is 212 g/mol. The Labute approximate surface area is 100 Å². The smallest absolute Gasteiger partial charge is 0.254 e. The van der Waals surface area contributed by atoms with Gasteiger partial charge in [0, 0.05) is 25.1 Å². The highest BCUT2D eigenvalue weighted by Crippen LogP contribution is 2.22. The number of fused-ring (bicyclic) bond motifs is 1. The van der Waals surface area contributed by atoms with Gasteiger partial charge in [-0.25, -0.2) is 0 Å². The lowest BCUT2D eigenvalue weighted by Crippen LogP contribution is -2.24. The zero-order chi connectivity index (χ0) is 11.8. The van der Waals surface area contributed by atoms with Gasteiger partial charge in [-0.3, -0.25) is 4.79 Å². The predicted molar refractivity (Wildman–Crippen MR) is 69.4 cm³/mol. The fourth-order valence-electron chi connectivity index (χ4n) is 2.66. The van der Waals surface area contributed by atoms with Gasteiger partial charge in [0.2, 0.25) is 0 Å². The largest absolute Gasteiger partial charge is 0.316 e. The number of nitrogens with zero attached hydrogens (tertiary/aromatic N) is 1. The number of aromatic nitrogens is 1. The van der Waals surface area contributed by atoms with Gasteiger partial charge >= 0.3 is 0 Å². The molecule has 3 heteroatoms. The van der Waals surface area contributed by atoms with E-state index in [0.717, 1.165) is 36.0 Å². The fourth-order valence-corrected chi connectivity index (χ4v) is 2.66. The molecule has 17 heavy (non-hydrogen) atoms. The maximum absolute atomic E-state index is 12.3. The topological polar surface area (TPSA) is 34.0 Å². The minimum Gasteiger partial charge on any atom is -0.316 e. The Morgan fingerprint density at radius 2 is 2.18 bits per heavy atom. The van der Waals surface area contributed by atoms with Gasteiger partial charge in [0.15, 0.2) is 0 Å². The van der Waals surface area contributed by atoms with Gasteiger partial charge in [0.25, 0.3) is 5.56 Å². The molecule has 2 aromatic rings. The molecule has 1 atom stereocenters. The van der Waals surface area contributed by atoms with E-state index in [1.54, 1.807) is 4.57 Å². The molecule has 1 aromatic heterocycles. The second kappa shape index (κ2) is 4.00. The third-order valence-electron chi connectivity index (χ3n) is 3.66. The summed E-state index contributed by atoms with van der Waals surface area (Å²) in [7, 11) is 1.86. The Hall–Kier alpha value is -1.61. The van der Waals surface area contributed by atoms with E-state index in [9.17, 15) is 4.79 Å². The first-order valence-corrected chi connectivity index (χ1v) is 6.07. The fraction of sp³-hybridized carbons (Fsp3) is 0.357. The second-order valence-electron chi connectivity index (χ2n) is 4.71. The minimum absolute atomic E-state index is 0.150. The van der Waals surface area contributed by atoms with Crippen LogP contribution in [0.15, 0.2) is 35.1 Å². The highest BCUT2D eigenvalue weighted by Gasteiger charge is 2.20. The first-order valence-electron chi connectivity index (χ1n) is 6.07.